The standard InChI is InChI=1S/C13H16N4O4S/c1-22(19,20)11-6-15-16-12(11)9-3-2-4-17(7-9)13(18)10-5-14-8-21-10/h5-6,8-9H,2-4,7H2,1H3,(H,15,16)/t9-/m0/s1. The van der Waals surface area contributed by atoms with Crippen LogP contribution in [-0.2, 0) is 9.84 Å². The van der Waals surface area contributed by atoms with Crippen molar-refractivity contribution in [2.24, 2.45) is 0 Å². The Kier molecular flexibility index (Phi) is 3.73. The van der Waals surface area contributed by atoms with Gasteiger partial charge in [0.2, 0.25) is 5.76 Å². The first-order chi connectivity index (χ1) is 10.5. The number of amides is 1. The minimum Gasteiger partial charge on any atom is -0.438 e. The Labute approximate surface area is 127 Å². The van der Waals surface area contributed by atoms with Gasteiger partial charge in [0.05, 0.1) is 18.1 Å². The number of oxazole rings is 1. The van der Waals surface area contributed by atoms with Crippen molar-refractivity contribution in [3.63, 3.8) is 0 Å². The monoisotopic (exact) mass is 324 g/mol. The molecular weight excluding hydrogens is 308 g/mol. The van der Waals surface area contributed by atoms with Crippen LogP contribution in [0, 0.1) is 0 Å². The lowest BCUT2D eigenvalue weighted by molar-refractivity contribution is 0.0673. The van der Waals surface area contributed by atoms with Crippen molar-refractivity contribution in [1.82, 2.24) is 20.1 Å². The fourth-order valence-corrected chi connectivity index (χ4v) is 3.60. The first-order valence-electron chi connectivity index (χ1n) is 6.88. The van der Waals surface area contributed by atoms with Crippen LogP contribution in [0.2, 0.25) is 0 Å². The topological polar surface area (TPSA) is 109 Å². The van der Waals surface area contributed by atoms with E-state index in [9.17, 15) is 13.2 Å². The number of aromatic amines is 1. The van der Waals surface area contributed by atoms with Crippen LogP contribution in [0.15, 0.2) is 28.1 Å². The number of carbonyl (C=O) groups excluding carboxylic acids is 1. The summed E-state index contributed by atoms with van der Waals surface area (Å²) in [6.07, 6.45) is 6.65. The number of nitrogens with one attached hydrogen (secondary N) is 1. The lowest BCUT2D eigenvalue weighted by Gasteiger charge is -2.31. The lowest BCUT2D eigenvalue weighted by atomic mass is 9.94. The lowest BCUT2D eigenvalue weighted by Crippen LogP contribution is -2.39. The average molecular weight is 324 g/mol. The second-order valence-corrected chi connectivity index (χ2v) is 7.36. The Balaban J connectivity index is 1.82. The quantitative estimate of drug-likeness (QED) is 0.895. The molecule has 8 nitrogen and oxygen atoms in total. The third kappa shape index (κ3) is 2.76. The second-order valence-electron chi connectivity index (χ2n) is 5.38. The van der Waals surface area contributed by atoms with E-state index < -0.39 is 9.84 Å². The van der Waals surface area contributed by atoms with E-state index in [0.717, 1.165) is 19.1 Å². The third-order valence-corrected chi connectivity index (χ3v) is 4.92. The molecule has 0 radical (unpaired) electrons. The second kappa shape index (κ2) is 5.56. The van der Waals surface area contributed by atoms with Gasteiger partial charge in [-0.05, 0) is 12.8 Å². The molecule has 0 unspecified atom stereocenters. The van der Waals surface area contributed by atoms with E-state index in [-0.39, 0.29) is 22.5 Å². The Morgan fingerprint density at radius 2 is 2.27 bits per heavy atom. The number of H-pyrrole nitrogens is 1. The third-order valence-electron chi connectivity index (χ3n) is 3.79. The van der Waals surface area contributed by atoms with E-state index in [1.54, 1.807) is 4.90 Å². The van der Waals surface area contributed by atoms with Crippen LogP contribution in [0.3, 0.4) is 0 Å². The molecule has 118 valence electrons. The van der Waals surface area contributed by atoms with Crippen molar-refractivity contribution in [3.8, 4) is 0 Å². The molecular formula is C13H16N4O4S. The molecule has 1 atom stereocenters. The zero-order valence-electron chi connectivity index (χ0n) is 12.0. The smallest absolute Gasteiger partial charge is 0.291 e. The summed E-state index contributed by atoms with van der Waals surface area (Å²) in [7, 11) is -3.35. The summed E-state index contributed by atoms with van der Waals surface area (Å²) in [5, 5.41) is 6.62. The molecule has 0 spiro atoms. The molecule has 0 aromatic carbocycles. The van der Waals surface area contributed by atoms with Gasteiger partial charge >= 0.3 is 0 Å². The molecule has 1 fully saturated rings. The summed E-state index contributed by atoms with van der Waals surface area (Å²) in [6.45, 7) is 1.03. The number of piperidine rings is 1. The van der Waals surface area contributed by atoms with Gasteiger partial charge in [0.1, 0.15) is 4.90 Å². The van der Waals surface area contributed by atoms with Crippen molar-refractivity contribution in [3.05, 3.63) is 30.2 Å². The number of hydrogen-bond donors (Lipinski definition) is 1. The Hall–Kier alpha value is -2.16. The summed E-state index contributed by atoms with van der Waals surface area (Å²) in [6, 6.07) is 0. The van der Waals surface area contributed by atoms with Crippen LogP contribution >= 0.6 is 0 Å². The number of carbonyl (C=O) groups is 1. The Morgan fingerprint density at radius 3 is 2.95 bits per heavy atom. The molecule has 0 aliphatic carbocycles. The van der Waals surface area contributed by atoms with Crippen molar-refractivity contribution in [1.29, 1.82) is 0 Å². The number of aromatic nitrogens is 3. The molecule has 1 saturated heterocycles. The van der Waals surface area contributed by atoms with Gasteiger partial charge in [-0.3, -0.25) is 9.89 Å². The number of likely N-dealkylation sites (tertiary alicyclic amines) is 1. The highest BCUT2D eigenvalue weighted by Gasteiger charge is 2.30. The number of nitrogens with zero attached hydrogens (tertiary/aromatic N) is 3. The average Bonchev–Trinajstić information content (AvgIpc) is 3.17. The van der Waals surface area contributed by atoms with Crippen LogP contribution in [0.4, 0.5) is 0 Å². The molecule has 0 saturated carbocycles. The molecule has 2 aromatic rings. The van der Waals surface area contributed by atoms with E-state index in [2.05, 4.69) is 15.2 Å². The van der Waals surface area contributed by atoms with E-state index in [1.807, 2.05) is 0 Å². The van der Waals surface area contributed by atoms with Gasteiger partial charge in [-0.15, -0.1) is 0 Å². The van der Waals surface area contributed by atoms with Gasteiger partial charge in [0, 0.05) is 25.3 Å². The summed E-state index contributed by atoms with van der Waals surface area (Å²) in [5.74, 6) is -0.135. The van der Waals surface area contributed by atoms with Crippen molar-refractivity contribution in [2.45, 2.75) is 23.7 Å². The predicted octanol–water partition coefficient (Wildman–Crippen LogP) is 0.821. The fraction of sp³-hybridized carbons (Fsp3) is 0.462. The molecule has 1 aliphatic rings. The molecule has 1 N–H and O–H groups in total. The molecule has 2 aromatic heterocycles. The molecule has 1 amide bonds. The van der Waals surface area contributed by atoms with Crippen LogP contribution in [0.25, 0.3) is 0 Å². The van der Waals surface area contributed by atoms with Crippen LogP contribution < -0.4 is 0 Å². The van der Waals surface area contributed by atoms with Gasteiger partial charge in [0.15, 0.2) is 16.2 Å². The minimum absolute atomic E-state index is 0.0900. The molecule has 3 heterocycles. The van der Waals surface area contributed by atoms with E-state index >= 15 is 0 Å². The van der Waals surface area contributed by atoms with Crippen molar-refractivity contribution >= 4 is 15.7 Å². The molecule has 22 heavy (non-hydrogen) atoms. The van der Waals surface area contributed by atoms with Gasteiger partial charge in [-0.25, -0.2) is 13.4 Å². The van der Waals surface area contributed by atoms with Gasteiger partial charge < -0.3 is 9.32 Å². The largest absolute Gasteiger partial charge is 0.438 e. The highest BCUT2D eigenvalue weighted by atomic mass is 32.2. The molecule has 1 aliphatic heterocycles. The molecule has 3 rings (SSSR count). The Morgan fingerprint density at radius 1 is 1.45 bits per heavy atom. The van der Waals surface area contributed by atoms with E-state index in [4.69, 9.17) is 4.42 Å². The van der Waals surface area contributed by atoms with Crippen molar-refractivity contribution < 1.29 is 17.6 Å². The maximum atomic E-state index is 12.3. The Bertz CT molecular complexity index is 766. The van der Waals surface area contributed by atoms with Crippen LogP contribution in [0.1, 0.15) is 35.0 Å². The predicted molar refractivity (Wildman–Crippen MR) is 76.1 cm³/mol. The van der Waals surface area contributed by atoms with Gasteiger partial charge in [-0.2, -0.15) is 5.10 Å². The van der Waals surface area contributed by atoms with Crippen LogP contribution in [-0.4, -0.2) is 53.8 Å². The maximum Gasteiger partial charge on any atom is 0.291 e. The SMILES string of the molecule is CS(=O)(=O)c1cn[nH]c1[C@H]1CCCN(C(=O)c2cnco2)C1. The first kappa shape index (κ1) is 14.8. The van der Waals surface area contributed by atoms with E-state index in [1.165, 1.54) is 18.8 Å². The summed E-state index contributed by atoms with van der Waals surface area (Å²) >= 11 is 0. The maximum absolute atomic E-state index is 12.3. The molecule has 9 heteroatoms. The normalized spacial score (nSPS) is 19.3. The number of sulfone groups is 1. The van der Waals surface area contributed by atoms with E-state index in [0.29, 0.717) is 18.8 Å². The molecule has 0 bridgehead atoms. The van der Waals surface area contributed by atoms with Gasteiger partial charge in [-0.1, -0.05) is 0 Å². The van der Waals surface area contributed by atoms with Crippen molar-refractivity contribution in [2.75, 3.05) is 19.3 Å². The zero-order chi connectivity index (χ0) is 15.7. The fourth-order valence-electron chi connectivity index (χ4n) is 2.75. The van der Waals surface area contributed by atoms with Crippen LogP contribution in [0.5, 0.6) is 0 Å². The minimum atomic E-state index is -3.35. The zero-order valence-corrected chi connectivity index (χ0v) is 12.8. The highest BCUT2D eigenvalue weighted by molar-refractivity contribution is 7.90. The highest BCUT2D eigenvalue weighted by Crippen LogP contribution is 2.30. The number of hydrogen-bond acceptors (Lipinski definition) is 6. The summed E-state index contributed by atoms with van der Waals surface area (Å²) < 4.78 is 28.6. The first-order valence-corrected chi connectivity index (χ1v) is 8.77. The number of rotatable bonds is 3. The summed E-state index contributed by atoms with van der Waals surface area (Å²) in [5.41, 5.74) is 0.567. The summed E-state index contributed by atoms with van der Waals surface area (Å²) in [4.78, 5) is 17.9. The van der Waals surface area contributed by atoms with Gasteiger partial charge in [0.25, 0.3) is 5.91 Å².